The topological polar surface area (TPSA) is 24.5 Å². The Morgan fingerprint density at radius 3 is 2.73 bits per heavy atom. The van der Waals surface area contributed by atoms with E-state index in [1.165, 1.54) is 0 Å². The zero-order chi connectivity index (χ0) is 11.3. The highest BCUT2D eigenvalue weighted by Crippen LogP contribution is 2.11. The summed E-state index contributed by atoms with van der Waals surface area (Å²) >= 11 is 0. The summed E-state index contributed by atoms with van der Waals surface area (Å²) in [7, 11) is 2.06. The van der Waals surface area contributed by atoms with Crippen LogP contribution in [0.15, 0.2) is 0 Å². The van der Waals surface area contributed by atoms with E-state index in [4.69, 9.17) is 4.74 Å². The summed E-state index contributed by atoms with van der Waals surface area (Å²) in [6, 6.07) is 0.598. The number of ether oxygens (including phenoxy) is 1. The van der Waals surface area contributed by atoms with Crippen LogP contribution in [0.1, 0.15) is 27.2 Å². The minimum absolute atomic E-state index is 0.448. The van der Waals surface area contributed by atoms with E-state index in [1.54, 1.807) is 0 Å². The molecular weight excluding hydrogens is 188 g/mol. The van der Waals surface area contributed by atoms with Crippen molar-refractivity contribution in [3.8, 4) is 0 Å². The number of rotatable bonds is 5. The summed E-state index contributed by atoms with van der Waals surface area (Å²) in [5.41, 5.74) is 0. The molecule has 0 bridgehead atoms. The molecular formula is C12H26N2O. The van der Waals surface area contributed by atoms with E-state index in [1.807, 2.05) is 0 Å². The summed E-state index contributed by atoms with van der Waals surface area (Å²) in [6.45, 7) is 11.0. The number of hydrogen-bond acceptors (Lipinski definition) is 3. The van der Waals surface area contributed by atoms with Crippen LogP contribution in [0.2, 0.25) is 0 Å². The fourth-order valence-corrected chi connectivity index (χ4v) is 2.11. The van der Waals surface area contributed by atoms with Crippen LogP contribution in [-0.2, 0) is 4.74 Å². The van der Waals surface area contributed by atoms with Gasteiger partial charge < -0.3 is 10.1 Å². The summed E-state index contributed by atoms with van der Waals surface area (Å²) in [6.07, 6.45) is 1.57. The van der Waals surface area contributed by atoms with Gasteiger partial charge in [-0.15, -0.1) is 0 Å². The van der Waals surface area contributed by atoms with Crippen LogP contribution in [0.4, 0.5) is 0 Å². The van der Waals surface area contributed by atoms with Gasteiger partial charge in [-0.1, -0.05) is 20.8 Å². The molecule has 1 fully saturated rings. The maximum absolute atomic E-state index is 5.67. The highest BCUT2D eigenvalue weighted by molar-refractivity contribution is 4.77. The van der Waals surface area contributed by atoms with Crippen LogP contribution in [0.3, 0.4) is 0 Å². The Hall–Kier alpha value is -0.120. The van der Waals surface area contributed by atoms with Gasteiger partial charge in [0, 0.05) is 25.7 Å². The Kier molecular flexibility index (Phi) is 5.58. The summed E-state index contributed by atoms with van der Waals surface area (Å²) < 4.78 is 5.67. The van der Waals surface area contributed by atoms with Crippen molar-refractivity contribution in [3.05, 3.63) is 0 Å². The van der Waals surface area contributed by atoms with Crippen molar-refractivity contribution in [3.63, 3.8) is 0 Å². The molecule has 0 aromatic heterocycles. The molecule has 1 aliphatic rings. The van der Waals surface area contributed by atoms with Crippen molar-refractivity contribution < 1.29 is 4.74 Å². The van der Waals surface area contributed by atoms with Gasteiger partial charge in [0.15, 0.2) is 0 Å². The molecule has 3 heteroatoms. The van der Waals surface area contributed by atoms with E-state index < -0.39 is 0 Å². The molecule has 90 valence electrons. The lowest BCUT2D eigenvalue weighted by Crippen LogP contribution is -2.49. The average molecular weight is 214 g/mol. The van der Waals surface area contributed by atoms with Gasteiger partial charge in [0.1, 0.15) is 0 Å². The maximum atomic E-state index is 5.67. The van der Waals surface area contributed by atoms with Crippen LogP contribution < -0.4 is 5.32 Å². The summed E-state index contributed by atoms with van der Waals surface area (Å²) in [5, 5.41) is 3.40. The first kappa shape index (κ1) is 12.9. The van der Waals surface area contributed by atoms with Crippen molar-refractivity contribution in [2.24, 2.45) is 5.92 Å². The van der Waals surface area contributed by atoms with E-state index in [-0.39, 0.29) is 0 Å². The average Bonchev–Trinajstić information content (AvgIpc) is 2.25. The molecule has 3 nitrogen and oxygen atoms in total. The van der Waals surface area contributed by atoms with E-state index in [9.17, 15) is 0 Å². The number of hydrogen-bond donors (Lipinski definition) is 1. The molecule has 0 saturated carbocycles. The van der Waals surface area contributed by atoms with E-state index in [0.717, 1.165) is 32.7 Å². The lowest BCUT2D eigenvalue weighted by atomic mass is 10.0. The second-order valence-corrected chi connectivity index (χ2v) is 4.80. The number of likely N-dealkylation sites (N-methyl/N-ethyl adjacent to an activating group) is 1. The fourth-order valence-electron chi connectivity index (χ4n) is 2.11. The lowest BCUT2D eigenvalue weighted by Gasteiger charge is -2.35. The second-order valence-electron chi connectivity index (χ2n) is 4.80. The fraction of sp³-hybridized carbons (Fsp3) is 1.00. The van der Waals surface area contributed by atoms with Crippen molar-refractivity contribution in [1.29, 1.82) is 0 Å². The van der Waals surface area contributed by atoms with Crippen LogP contribution in [-0.4, -0.2) is 50.3 Å². The Bertz CT molecular complexity index is 173. The lowest BCUT2D eigenvalue weighted by molar-refractivity contribution is -0.0332. The first-order chi connectivity index (χ1) is 7.17. The highest BCUT2D eigenvalue weighted by Gasteiger charge is 2.22. The van der Waals surface area contributed by atoms with E-state index >= 15 is 0 Å². The van der Waals surface area contributed by atoms with Gasteiger partial charge in [-0.05, 0) is 19.4 Å². The summed E-state index contributed by atoms with van der Waals surface area (Å²) in [5.74, 6) is 0.693. The third-order valence-electron chi connectivity index (χ3n) is 3.31. The largest absolute Gasteiger partial charge is 0.376 e. The molecule has 1 saturated heterocycles. The molecule has 1 heterocycles. The Balaban J connectivity index is 2.36. The maximum Gasteiger partial charge on any atom is 0.0700 e. The van der Waals surface area contributed by atoms with Gasteiger partial charge in [-0.3, -0.25) is 4.90 Å². The molecule has 0 aromatic carbocycles. The highest BCUT2D eigenvalue weighted by atomic mass is 16.5. The summed E-state index contributed by atoms with van der Waals surface area (Å²) in [4.78, 5) is 2.53. The van der Waals surface area contributed by atoms with Crippen LogP contribution in [0, 0.1) is 5.92 Å². The number of morpholine rings is 1. The predicted octanol–water partition coefficient (Wildman–Crippen LogP) is 1.34. The zero-order valence-corrected chi connectivity index (χ0v) is 10.6. The molecule has 1 aliphatic heterocycles. The number of nitrogens with zero attached hydrogens (tertiary/aromatic N) is 1. The molecule has 0 amide bonds. The Labute approximate surface area is 94.2 Å². The normalized spacial score (nSPS) is 25.8. The Morgan fingerprint density at radius 2 is 2.20 bits per heavy atom. The van der Waals surface area contributed by atoms with E-state index in [2.05, 4.69) is 38.0 Å². The van der Waals surface area contributed by atoms with Gasteiger partial charge >= 0.3 is 0 Å². The third kappa shape index (κ3) is 4.09. The standard InChI is InChI=1S/C12H26N2O/c1-5-11-8-14(6-7-15-11)9-12(13-4)10(2)3/h10-13H,5-9H2,1-4H3. The minimum atomic E-state index is 0.448. The Morgan fingerprint density at radius 1 is 1.47 bits per heavy atom. The molecule has 0 spiro atoms. The van der Waals surface area contributed by atoms with Crippen molar-refractivity contribution in [2.75, 3.05) is 33.3 Å². The molecule has 1 N–H and O–H groups in total. The van der Waals surface area contributed by atoms with Gasteiger partial charge in [-0.25, -0.2) is 0 Å². The quantitative estimate of drug-likeness (QED) is 0.747. The third-order valence-corrected chi connectivity index (χ3v) is 3.31. The van der Waals surface area contributed by atoms with Gasteiger partial charge in [0.05, 0.1) is 12.7 Å². The SMILES string of the molecule is CCC1CN(CC(NC)C(C)C)CCO1. The number of nitrogens with one attached hydrogen (secondary N) is 1. The predicted molar refractivity (Wildman–Crippen MR) is 64.2 cm³/mol. The van der Waals surface area contributed by atoms with Crippen LogP contribution in [0.5, 0.6) is 0 Å². The molecule has 1 rings (SSSR count). The van der Waals surface area contributed by atoms with Crippen molar-refractivity contribution in [2.45, 2.75) is 39.3 Å². The van der Waals surface area contributed by atoms with Crippen LogP contribution in [0.25, 0.3) is 0 Å². The molecule has 15 heavy (non-hydrogen) atoms. The van der Waals surface area contributed by atoms with Gasteiger partial charge in [-0.2, -0.15) is 0 Å². The molecule has 2 atom stereocenters. The zero-order valence-electron chi connectivity index (χ0n) is 10.6. The molecule has 0 radical (unpaired) electrons. The first-order valence-corrected chi connectivity index (χ1v) is 6.18. The molecule has 2 unspecified atom stereocenters. The first-order valence-electron chi connectivity index (χ1n) is 6.18. The van der Waals surface area contributed by atoms with E-state index in [0.29, 0.717) is 18.1 Å². The monoisotopic (exact) mass is 214 g/mol. The molecule has 0 aromatic rings. The smallest absolute Gasteiger partial charge is 0.0700 e. The second kappa shape index (κ2) is 6.46. The van der Waals surface area contributed by atoms with Crippen LogP contribution >= 0.6 is 0 Å². The van der Waals surface area contributed by atoms with Gasteiger partial charge in [0.25, 0.3) is 0 Å². The minimum Gasteiger partial charge on any atom is -0.376 e. The molecule has 0 aliphatic carbocycles. The van der Waals surface area contributed by atoms with Crippen molar-refractivity contribution in [1.82, 2.24) is 10.2 Å². The van der Waals surface area contributed by atoms with Gasteiger partial charge in [0.2, 0.25) is 0 Å². The van der Waals surface area contributed by atoms with Crippen molar-refractivity contribution >= 4 is 0 Å².